The summed E-state index contributed by atoms with van der Waals surface area (Å²) in [5, 5.41) is 15.4. The molecule has 0 aliphatic carbocycles. The Kier molecular flexibility index (Phi) is 4.57. The Hall–Kier alpha value is -2.08. The molecule has 1 unspecified atom stereocenters. The van der Waals surface area contributed by atoms with Gasteiger partial charge in [-0.15, -0.1) is 11.3 Å². The first-order valence-electron chi connectivity index (χ1n) is 6.23. The van der Waals surface area contributed by atoms with Crippen LogP contribution >= 0.6 is 11.3 Å². The number of benzene rings is 1. The maximum Gasteiger partial charge on any atom is 0.255 e. The number of carbonyl (C=O) groups excluding carboxylic acids is 1. The highest BCUT2D eigenvalue weighted by Crippen LogP contribution is 2.25. The lowest BCUT2D eigenvalue weighted by atomic mass is 10.1. The molecule has 1 aromatic heterocycles. The molecule has 106 valence electrons. The summed E-state index contributed by atoms with van der Waals surface area (Å²) in [6.45, 7) is 1.97. The monoisotopic (exact) mass is 292 g/mol. The van der Waals surface area contributed by atoms with Gasteiger partial charge in [-0.2, -0.15) is 0 Å². The van der Waals surface area contributed by atoms with Crippen LogP contribution in [0.4, 0.5) is 0 Å². The topological polar surface area (TPSA) is 71.5 Å². The minimum atomic E-state index is -0.344. The number of ether oxygens (including phenoxy) is 1. The zero-order valence-corrected chi connectivity index (χ0v) is 12.1. The predicted octanol–water partition coefficient (Wildman–Crippen LogP) is 2.74. The first-order valence-corrected chi connectivity index (χ1v) is 7.11. The lowest BCUT2D eigenvalue weighted by Gasteiger charge is -2.15. The largest absolute Gasteiger partial charge is 0.507 e. The third-order valence-electron chi connectivity index (χ3n) is 2.91. The molecular weight excluding hydrogens is 276 g/mol. The molecule has 0 saturated carbocycles. The molecular formula is C14H16N2O3S. The van der Waals surface area contributed by atoms with Crippen molar-refractivity contribution in [3.63, 3.8) is 0 Å². The number of carbonyl (C=O) groups is 1. The average Bonchev–Trinajstić information content (AvgIpc) is 2.99. The SMILES string of the molecule is CCC(NC(=O)c1cc(OC)ccc1O)c1nccs1. The molecule has 2 aromatic rings. The Morgan fingerprint density at radius 2 is 2.35 bits per heavy atom. The van der Waals surface area contributed by atoms with Crippen LogP contribution in [0, 0.1) is 0 Å². The number of hydrogen-bond donors (Lipinski definition) is 2. The van der Waals surface area contributed by atoms with Crippen molar-refractivity contribution >= 4 is 17.2 Å². The normalized spacial score (nSPS) is 11.9. The summed E-state index contributed by atoms with van der Waals surface area (Å²) in [5.74, 6) is 0.107. The summed E-state index contributed by atoms with van der Waals surface area (Å²) >= 11 is 1.49. The van der Waals surface area contributed by atoms with Crippen molar-refractivity contribution in [2.75, 3.05) is 7.11 Å². The van der Waals surface area contributed by atoms with Gasteiger partial charge in [0.05, 0.1) is 18.7 Å². The van der Waals surface area contributed by atoms with Gasteiger partial charge in [-0.25, -0.2) is 4.98 Å². The molecule has 0 saturated heterocycles. The Balaban J connectivity index is 2.19. The molecule has 1 amide bonds. The fourth-order valence-electron chi connectivity index (χ4n) is 1.80. The van der Waals surface area contributed by atoms with Crippen LogP contribution < -0.4 is 10.1 Å². The molecule has 5 nitrogen and oxygen atoms in total. The van der Waals surface area contributed by atoms with Crippen LogP contribution in [0.2, 0.25) is 0 Å². The second-order valence-corrected chi connectivity index (χ2v) is 5.11. The van der Waals surface area contributed by atoms with E-state index >= 15 is 0 Å². The minimum Gasteiger partial charge on any atom is -0.507 e. The Morgan fingerprint density at radius 1 is 1.55 bits per heavy atom. The third kappa shape index (κ3) is 3.08. The van der Waals surface area contributed by atoms with Crippen molar-refractivity contribution in [3.8, 4) is 11.5 Å². The third-order valence-corrected chi connectivity index (χ3v) is 3.80. The van der Waals surface area contributed by atoms with E-state index in [-0.39, 0.29) is 23.3 Å². The summed E-state index contributed by atoms with van der Waals surface area (Å²) < 4.78 is 5.06. The number of phenolic OH excluding ortho intramolecular Hbond substituents is 1. The lowest BCUT2D eigenvalue weighted by molar-refractivity contribution is 0.0932. The van der Waals surface area contributed by atoms with E-state index in [2.05, 4.69) is 10.3 Å². The summed E-state index contributed by atoms with van der Waals surface area (Å²) in [6.07, 6.45) is 2.43. The van der Waals surface area contributed by atoms with Gasteiger partial charge < -0.3 is 15.2 Å². The van der Waals surface area contributed by atoms with Crippen molar-refractivity contribution in [2.45, 2.75) is 19.4 Å². The number of methoxy groups -OCH3 is 1. The van der Waals surface area contributed by atoms with Crippen molar-refractivity contribution in [2.24, 2.45) is 0 Å². The quantitative estimate of drug-likeness (QED) is 0.889. The van der Waals surface area contributed by atoms with Crippen LogP contribution in [0.15, 0.2) is 29.8 Å². The Morgan fingerprint density at radius 3 is 2.95 bits per heavy atom. The van der Waals surface area contributed by atoms with Crippen molar-refractivity contribution < 1.29 is 14.6 Å². The number of aromatic nitrogens is 1. The predicted molar refractivity (Wildman–Crippen MR) is 77.3 cm³/mol. The molecule has 0 spiro atoms. The van der Waals surface area contributed by atoms with E-state index in [1.54, 1.807) is 12.3 Å². The van der Waals surface area contributed by atoms with Gasteiger partial charge in [0.2, 0.25) is 0 Å². The number of thiazole rings is 1. The fourth-order valence-corrected chi connectivity index (χ4v) is 2.58. The number of aromatic hydroxyl groups is 1. The highest BCUT2D eigenvalue weighted by molar-refractivity contribution is 7.09. The fraction of sp³-hybridized carbons (Fsp3) is 0.286. The number of hydrogen-bond acceptors (Lipinski definition) is 5. The van der Waals surface area contributed by atoms with Gasteiger partial charge in [-0.1, -0.05) is 6.92 Å². The molecule has 0 aliphatic rings. The molecule has 2 N–H and O–H groups in total. The highest BCUT2D eigenvalue weighted by Gasteiger charge is 2.18. The maximum absolute atomic E-state index is 12.2. The molecule has 1 heterocycles. The van der Waals surface area contributed by atoms with E-state index in [4.69, 9.17) is 4.74 Å². The van der Waals surface area contributed by atoms with E-state index in [1.165, 1.54) is 30.6 Å². The van der Waals surface area contributed by atoms with E-state index in [9.17, 15) is 9.90 Å². The lowest BCUT2D eigenvalue weighted by Crippen LogP contribution is -2.28. The molecule has 0 radical (unpaired) electrons. The van der Waals surface area contributed by atoms with E-state index in [1.807, 2.05) is 12.3 Å². The molecule has 0 fully saturated rings. The van der Waals surface area contributed by atoms with Crippen molar-refractivity contribution in [3.05, 3.63) is 40.3 Å². The summed E-state index contributed by atoms with van der Waals surface area (Å²) in [7, 11) is 1.51. The van der Waals surface area contributed by atoms with Gasteiger partial charge in [0.15, 0.2) is 0 Å². The van der Waals surface area contributed by atoms with Gasteiger partial charge >= 0.3 is 0 Å². The maximum atomic E-state index is 12.2. The molecule has 1 atom stereocenters. The first kappa shape index (κ1) is 14.3. The van der Waals surface area contributed by atoms with E-state index in [0.717, 1.165) is 11.4 Å². The standard InChI is InChI=1S/C14H16N2O3S/c1-3-11(14-15-6-7-20-14)16-13(18)10-8-9(19-2)4-5-12(10)17/h4-8,11,17H,3H2,1-2H3,(H,16,18). The van der Waals surface area contributed by atoms with Crippen LogP contribution in [-0.2, 0) is 0 Å². The zero-order valence-electron chi connectivity index (χ0n) is 11.3. The first-order chi connectivity index (χ1) is 9.65. The van der Waals surface area contributed by atoms with Gasteiger partial charge in [-0.3, -0.25) is 4.79 Å². The van der Waals surface area contributed by atoms with Crippen LogP contribution in [0.25, 0.3) is 0 Å². The van der Waals surface area contributed by atoms with E-state index < -0.39 is 0 Å². The van der Waals surface area contributed by atoms with Crippen LogP contribution in [0.3, 0.4) is 0 Å². The van der Waals surface area contributed by atoms with Gasteiger partial charge in [0.25, 0.3) is 5.91 Å². The summed E-state index contributed by atoms with van der Waals surface area (Å²) in [6, 6.07) is 4.40. The van der Waals surface area contributed by atoms with Crippen LogP contribution in [-0.4, -0.2) is 23.1 Å². The number of phenols is 1. The molecule has 0 aliphatic heterocycles. The van der Waals surface area contributed by atoms with Crippen molar-refractivity contribution in [1.82, 2.24) is 10.3 Å². The molecule has 2 rings (SSSR count). The molecule has 0 bridgehead atoms. The smallest absolute Gasteiger partial charge is 0.255 e. The van der Waals surface area contributed by atoms with Crippen LogP contribution in [0.5, 0.6) is 11.5 Å². The zero-order chi connectivity index (χ0) is 14.5. The summed E-state index contributed by atoms with van der Waals surface area (Å²) in [5.41, 5.74) is 0.194. The number of amides is 1. The van der Waals surface area contributed by atoms with Crippen LogP contribution in [0.1, 0.15) is 34.8 Å². The summed E-state index contributed by atoms with van der Waals surface area (Å²) in [4.78, 5) is 16.5. The average molecular weight is 292 g/mol. The molecule has 6 heteroatoms. The highest BCUT2D eigenvalue weighted by atomic mass is 32.1. The Labute approximate surface area is 121 Å². The second-order valence-electron chi connectivity index (χ2n) is 4.19. The van der Waals surface area contributed by atoms with E-state index in [0.29, 0.717) is 5.75 Å². The Bertz CT molecular complexity index is 584. The van der Waals surface area contributed by atoms with Crippen molar-refractivity contribution in [1.29, 1.82) is 0 Å². The number of rotatable bonds is 5. The van der Waals surface area contributed by atoms with Gasteiger partial charge in [0.1, 0.15) is 16.5 Å². The minimum absolute atomic E-state index is 0.0720. The molecule has 1 aromatic carbocycles. The second kappa shape index (κ2) is 6.38. The number of nitrogens with one attached hydrogen (secondary N) is 1. The number of nitrogens with zero attached hydrogens (tertiary/aromatic N) is 1. The van der Waals surface area contributed by atoms with Gasteiger partial charge in [-0.05, 0) is 24.6 Å². The molecule has 20 heavy (non-hydrogen) atoms. The van der Waals surface area contributed by atoms with Gasteiger partial charge in [0, 0.05) is 11.6 Å².